The molecule has 0 radical (unpaired) electrons. The van der Waals surface area contributed by atoms with Crippen molar-refractivity contribution in [2.45, 2.75) is 50.7 Å². The topological polar surface area (TPSA) is 90.0 Å². The quantitative estimate of drug-likeness (QED) is 0.673. The Hall–Kier alpha value is -3.33. The molecular formula is C25H25F2N3O4. The lowest BCUT2D eigenvalue weighted by Crippen LogP contribution is -2.52. The van der Waals surface area contributed by atoms with Crippen LogP contribution in [-0.4, -0.2) is 51.8 Å². The molecule has 0 saturated carbocycles. The molecule has 7 nitrogen and oxygen atoms in total. The van der Waals surface area contributed by atoms with Crippen LogP contribution in [0.1, 0.15) is 58.6 Å². The Morgan fingerprint density at radius 2 is 1.71 bits per heavy atom. The predicted octanol–water partition coefficient (Wildman–Crippen LogP) is 2.81. The van der Waals surface area contributed by atoms with Crippen LogP contribution in [-0.2, 0) is 22.7 Å². The van der Waals surface area contributed by atoms with Crippen LogP contribution in [0.3, 0.4) is 0 Å². The molecule has 2 fully saturated rings. The lowest BCUT2D eigenvalue weighted by molar-refractivity contribution is -0.136. The fraction of sp³-hybridized carbons (Fsp3) is 0.400. The van der Waals surface area contributed by atoms with Gasteiger partial charge in [-0.2, -0.15) is 0 Å². The minimum Gasteiger partial charge on any atom is -0.503 e. The molecule has 3 heterocycles. The first-order valence-electron chi connectivity index (χ1n) is 11.5. The number of likely N-dealkylation sites (tertiary alicyclic amines) is 1. The number of piperidine rings is 2. The second kappa shape index (κ2) is 8.79. The van der Waals surface area contributed by atoms with Crippen LogP contribution < -0.4 is 5.32 Å². The zero-order valence-corrected chi connectivity index (χ0v) is 18.5. The molecule has 9 heteroatoms. The van der Waals surface area contributed by atoms with E-state index < -0.39 is 29.3 Å². The highest BCUT2D eigenvalue weighted by molar-refractivity contribution is 6.05. The standard InChI is InChI=1S/C25H25F2N3O4/c26-19-9-14(10-20(27)23(19)32)12-29-7-5-15(6-8-29)16-1-2-18-17(11-16)13-30(25(18)34)21-3-4-22(31)28-24(21)33/h1-2,9-11,15,21,32H,3-8,12-13H2,(H,28,31,33). The van der Waals surface area contributed by atoms with Gasteiger partial charge in [-0.15, -0.1) is 0 Å². The fourth-order valence-corrected chi connectivity index (χ4v) is 5.24. The fourth-order valence-electron chi connectivity index (χ4n) is 5.24. The van der Waals surface area contributed by atoms with Crippen molar-refractivity contribution >= 4 is 17.7 Å². The average molecular weight is 469 g/mol. The summed E-state index contributed by atoms with van der Waals surface area (Å²) in [5.74, 6) is -3.46. The number of rotatable bonds is 4. The van der Waals surface area contributed by atoms with E-state index >= 15 is 0 Å². The summed E-state index contributed by atoms with van der Waals surface area (Å²) in [4.78, 5) is 40.2. The van der Waals surface area contributed by atoms with E-state index in [1.165, 1.54) is 0 Å². The van der Waals surface area contributed by atoms with E-state index in [4.69, 9.17) is 0 Å². The summed E-state index contributed by atoms with van der Waals surface area (Å²) in [6.45, 7) is 2.27. The van der Waals surface area contributed by atoms with Gasteiger partial charge in [0.2, 0.25) is 11.8 Å². The molecule has 0 bridgehead atoms. The van der Waals surface area contributed by atoms with E-state index in [9.17, 15) is 28.3 Å². The number of amides is 3. The maximum Gasteiger partial charge on any atom is 0.255 e. The van der Waals surface area contributed by atoms with E-state index in [0.29, 0.717) is 36.6 Å². The van der Waals surface area contributed by atoms with Crippen molar-refractivity contribution < 1.29 is 28.3 Å². The molecule has 2 saturated heterocycles. The molecule has 1 unspecified atom stereocenters. The number of phenolic OH excluding ortho intramolecular Hbond substituents is 1. The van der Waals surface area contributed by atoms with Crippen LogP contribution in [0.2, 0.25) is 0 Å². The normalized spacial score (nSPS) is 21.6. The molecular weight excluding hydrogens is 444 g/mol. The van der Waals surface area contributed by atoms with E-state index in [1.807, 2.05) is 18.2 Å². The second-order valence-electron chi connectivity index (χ2n) is 9.28. The molecule has 3 aliphatic rings. The predicted molar refractivity (Wildman–Crippen MR) is 118 cm³/mol. The van der Waals surface area contributed by atoms with E-state index in [-0.39, 0.29) is 18.2 Å². The largest absolute Gasteiger partial charge is 0.503 e. The number of aromatic hydroxyl groups is 1. The van der Waals surface area contributed by atoms with Gasteiger partial charge in [-0.05, 0) is 73.2 Å². The number of benzene rings is 2. The monoisotopic (exact) mass is 469 g/mol. The van der Waals surface area contributed by atoms with Gasteiger partial charge in [0, 0.05) is 25.1 Å². The van der Waals surface area contributed by atoms with Gasteiger partial charge in [0.15, 0.2) is 17.4 Å². The molecule has 2 aromatic carbocycles. The number of halogens is 2. The van der Waals surface area contributed by atoms with E-state index in [2.05, 4.69) is 10.2 Å². The Balaban J connectivity index is 1.22. The Morgan fingerprint density at radius 1 is 1.00 bits per heavy atom. The molecule has 2 N–H and O–H groups in total. The highest BCUT2D eigenvalue weighted by Gasteiger charge is 2.39. The highest BCUT2D eigenvalue weighted by atomic mass is 19.1. The number of carbonyl (C=O) groups excluding carboxylic acids is 3. The summed E-state index contributed by atoms with van der Waals surface area (Å²) in [5.41, 5.74) is 3.11. The molecule has 178 valence electrons. The molecule has 2 aromatic rings. The third-order valence-corrected chi connectivity index (χ3v) is 7.09. The summed E-state index contributed by atoms with van der Waals surface area (Å²) in [6.07, 6.45) is 2.30. The van der Waals surface area contributed by atoms with Gasteiger partial charge in [-0.25, -0.2) is 8.78 Å². The molecule has 1 atom stereocenters. The van der Waals surface area contributed by atoms with Gasteiger partial charge >= 0.3 is 0 Å². The van der Waals surface area contributed by atoms with Crippen LogP contribution in [0, 0.1) is 11.6 Å². The first-order valence-corrected chi connectivity index (χ1v) is 11.5. The minimum absolute atomic E-state index is 0.181. The molecule has 0 aromatic heterocycles. The van der Waals surface area contributed by atoms with Crippen LogP contribution in [0.15, 0.2) is 30.3 Å². The van der Waals surface area contributed by atoms with Crippen molar-refractivity contribution in [3.63, 3.8) is 0 Å². The Morgan fingerprint density at radius 3 is 2.38 bits per heavy atom. The summed E-state index contributed by atoms with van der Waals surface area (Å²) in [5, 5.41) is 11.6. The van der Waals surface area contributed by atoms with Gasteiger partial charge < -0.3 is 10.0 Å². The average Bonchev–Trinajstić information content (AvgIpc) is 3.13. The van der Waals surface area contributed by atoms with Crippen LogP contribution >= 0.6 is 0 Å². The molecule has 0 spiro atoms. The molecule has 5 rings (SSSR count). The van der Waals surface area contributed by atoms with Crippen molar-refractivity contribution in [3.8, 4) is 5.75 Å². The highest BCUT2D eigenvalue weighted by Crippen LogP contribution is 2.34. The van der Waals surface area contributed by atoms with Gasteiger partial charge in [0.1, 0.15) is 6.04 Å². The lowest BCUT2D eigenvalue weighted by atomic mass is 9.87. The summed E-state index contributed by atoms with van der Waals surface area (Å²) in [7, 11) is 0. The van der Waals surface area contributed by atoms with E-state index in [1.54, 1.807) is 4.90 Å². The first-order chi connectivity index (χ1) is 16.3. The van der Waals surface area contributed by atoms with Crippen molar-refractivity contribution in [3.05, 3.63) is 64.2 Å². The van der Waals surface area contributed by atoms with Crippen LogP contribution in [0.4, 0.5) is 8.78 Å². The minimum atomic E-state index is -0.955. The smallest absolute Gasteiger partial charge is 0.255 e. The Bertz CT molecular complexity index is 1150. The summed E-state index contributed by atoms with van der Waals surface area (Å²) < 4.78 is 27.3. The lowest BCUT2D eigenvalue weighted by Gasteiger charge is -2.32. The molecule has 3 aliphatic heterocycles. The Kier molecular flexibility index (Phi) is 5.81. The van der Waals surface area contributed by atoms with Crippen LogP contribution in [0.25, 0.3) is 0 Å². The van der Waals surface area contributed by atoms with Gasteiger partial charge in [0.05, 0.1) is 0 Å². The first kappa shape index (κ1) is 22.5. The molecule has 34 heavy (non-hydrogen) atoms. The van der Waals surface area contributed by atoms with Crippen molar-refractivity contribution in [2.75, 3.05) is 13.1 Å². The SMILES string of the molecule is O=C1CCC(N2Cc3cc(C4CCN(Cc5cc(F)c(O)c(F)c5)CC4)ccc3C2=O)C(=O)N1. The zero-order valence-electron chi connectivity index (χ0n) is 18.5. The van der Waals surface area contributed by atoms with Gasteiger partial charge in [-0.3, -0.25) is 24.6 Å². The molecule has 0 aliphatic carbocycles. The summed E-state index contributed by atoms with van der Waals surface area (Å²) in [6, 6.07) is 7.54. The number of nitrogens with one attached hydrogen (secondary N) is 1. The van der Waals surface area contributed by atoms with Crippen LogP contribution in [0.5, 0.6) is 5.75 Å². The van der Waals surface area contributed by atoms with E-state index in [0.717, 1.165) is 49.2 Å². The number of hydrogen-bond acceptors (Lipinski definition) is 5. The summed E-state index contributed by atoms with van der Waals surface area (Å²) >= 11 is 0. The zero-order chi connectivity index (χ0) is 24.0. The van der Waals surface area contributed by atoms with Crippen molar-refractivity contribution in [1.29, 1.82) is 0 Å². The van der Waals surface area contributed by atoms with Crippen molar-refractivity contribution in [1.82, 2.24) is 15.1 Å². The maximum absolute atomic E-state index is 13.6. The molecule has 3 amide bonds. The number of hydrogen-bond donors (Lipinski definition) is 2. The van der Waals surface area contributed by atoms with Gasteiger partial charge in [-0.1, -0.05) is 12.1 Å². The Labute approximate surface area is 195 Å². The number of nitrogens with zero attached hydrogens (tertiary/aromatic N) is 2. The number of carbonyl (C=O) groups is 3. The maximum atomic E-state index is 13.6. The third kappa shape index (κ3) is 4.16. The number of phenols is 1. The van der Waals surface area contributed by atoms with Crippen molar-refractivity contribution in [2.24, 2.45) is 0 Å². The number of fused-ring (bicyclic) bond motifs is 1. The van der Waals surface area contributed by atoms with Gasteiger partial charge in [0.25, 0.3) is 5.91 Å². The second-order valence-corrected chi connectivity index (χ2v) is 9.28. The third-order valence-electron chi connectivity index (χ3n) is 7.09. The number of imide groups is 1.